The van der Waals surface area contributed by atoms with Crippen molar-refractivity contribution in [2.45, 2.75) is 18.9 Å². The molecule has 0 aliphatic carbocycles. The van der Waals surface area contributed by atoms with Gasteiger partial charge >= 0.3 is 0 Å². The number of fused-ring (bicyclic) bond motifs is 1. The summed E-state index contributed by atoms with van der Waals surface area (Å²) in [5.74, 6) is 1.07. The first kappa shape index (κ1) is 16.8. The maximum atomic E-state index is 5.48. The number of H-pyrrole nitrogens is 1. The molecule has 25 heavy (non-hydrogen) atoms. The standard InChI is InChI=1S/C18H28N6O/c1-22-6-2-3-15(13-22)24(8-7-23-9-11-25-12-10-23)18-16-4-5-19-17(16)20-14-21-18/h4-5,14-15H,2-3,6-13H2,1H3,(H,19,20,21). The third kappa shape index (κ3) is 3.78. The van der Waals surface area contributed by atoms with E-state index in [9.17, 15) is 0 Å². The Morgan fingerprint density at radius 2 is 2.16 bits per heavy atom. The Kier molecular flexibility index (Phi) is 5.14. The fraction of sp³-hybridized carbons (Fsp3) is 0.667. The van der Waals surface area contributed by atoms with Gasteiger partial charge in [0.1, 0.15) is 17.8 Å². The van der Waals surface area contributed by atoms with E-state index >= 15 is 0 Å². The Labute approximate surface area is 149 Å². The van der Waals surface area contributed by atoms with Crippen LogP contribution in [0.15, 0.2) is 18.6 Å². The van der Waals surface area contributed by atoms with E-state index < -0.39 is 0 Å². The van der Waals surface area contributed by atoms with Crippen LogP contribution in [-0.4, -0.2) is 90.3 Å². The number of morpholine rings is 1. The maximum absolute atomic E-state index is 5.48. The molecule has 0 saturated carbocycles. The SMILES string of the molecule is CN1CCCC(N(CCN2CCOCC2)c2ncnc3[nH]ccc23)C1. The highest BCUT2D eigenvalue weighted by Crippen LogP contribution is 2.26. The summed E-state index contributed by atoms with van der Waals surface area (Å²) in [6.45, 7) is 8.10. The van der Waals surface area contributed by atoms with E-state index in [2.05, 4.69) is 42.8 Å². The summed E-state index contributed by atoms with van der Waals surface area (Å²) in [5, 5.41) is 1.12. The van der Waals surface area contributed by atoms with Crippen molar-refractivity contribution in [3.63, 3.8) is 0 Å². The number of piperidine rings is 1. The monoisotopic (exact) mass is 344 g/mol. The van der Waals surface area contributed by atoms with Gasteiger partial charge in [0.25, 0.3) is 0 Å². The minimum absolute atomic E-state index is 0.507. The lowest BCUT2D eigenvalue weighted by Crippen LogP contribution is -2.50. The molecule has 2 aliphatic heterocycles. The van der Waals surface area contributed by atoms with Crippen LogP contribution in [0.25, 0.3) is 11.0 Å². The zero-order chi connectivity index (χ0) is 17.1. The molecule has 7 nitrogen and oxygen atoms in total. The zero-order valence-electron chi connectivity index (χ0n) is 15.0. The number of likely N-dealkylation sites (N-methyl/N-ethyl adjacent to an activating group) is 1. The summed E-state index contributed by atoms with van der Waals surface area (Å²) < 4.78 is 5.48. The molecule has 136 valence electrons. The van der Waals surface area contributed by atoms with Crippen LogP contribution in [-0.2, 0) is 4.74 Å². The smallest absolute Gasteiger partial charge is 0.142 e. The van der Waals surface area contributed by atoms with Crippen molar-refractivity contribution in [1.82, 2.24) is 24.8 Å². The normalized spacial score (nSPS) is 23.2. The van der Waals surface area contributed by atoms with E-state index in [-0.39, 0.29) is 0 Å². The highest BCUT2D eigenvalue weighted by atomic mass is 16.5. The number of nitrogens with one attached hydrogen (secondary N) is 1. The largest absolute Gasteiger partial charge is 0.379 e. The van der Waals surface area contributed by atoms with Gasteiger partial charge in [-0.15, -0.1) is 0 Å². The van der Waals surface area contributed by atoms with Gasteiger partial charge in [0.15, 0.2) is 0 Å². The first-order chi connectivity index (χ1) is 12.3. The molecule has 0 aromatic carbocycles. The Bertz CT molecular complexity index is 683. The molecule has 2 aromatic heterocycles. The lowest BCUT2D eigenvalue weighted by Gasteiger charge is -2.40. The van der Waals surface area contributed by atoms with Crippen LogP contribution in [0.5, 0.6) is 0 Å². The molecule has 0 amide bonds. The molecule has 1 N–H and O–H groups in total. The van der Waals surface area contributed by atoms with Gasteiger partial charge in [-0.05, 0) is 32.5 Å². The van der Waals surface area contributed by atoms with E-state index in [1.54, 1.807) is 6.33 Å². The Morgan fingerprint density at radius 1 is 1.28 bits per heavy atom. The summed E-state index contributed by atoms with van der Waals surface area (Å²) in [5.41, 5.74) is 0.922. The summed E-state index contributed by atoms with van der Waals surface area (Å²) in [6.07, 6.45) is 6.11. The van der Waals surface area contributed by atoms with E-state index in [0.29, 0.717) is 6.04 Å². The van der Waals surface area contributed by atoms with Crippen LogP contribution in [0, 0.1) is 0 Å². The van der Waals surface area contributed by atoms with Crippen molar-refractivity contribution in [3.05, 3.63) is 18.6 Å². The average molecular weight is 344 g/mol. The number of hydrogen-bond donors (Lipinski definition) is 1. The minimum atomic E-state index is 0.507. The van der Waals surface area contributed by atoms with Crippen molar-refractivity contribution in [3.8, 4) is 0 Å². The molecule has 2 aliphatic rings. The van der Waals surface area contributed by atoms with Crippen LogP contribution in [0.3, 0.4) is 0 Å². The summed E-state index contributed by atoms with van der Waals surface area (Å²) >= 11 is 0. The zero-order valence-corrected chi connectivity index (χ0v) is 15.0. The Hall–Kier alpha value is -1.70. The lowest BCUT2D eigenvalue weighted by atomic mass is 10.0. The maximum Gasteiger partial charge on any atom is 0.142 e. The molecular formula is C18H28N6O. The molecule has 1 atom stereocenters. The van der Waals surface area contributed by atoms with Gasteiger partial charge in [0.05, 0.1) is 18.6 Å². The van der Waals surface area contributed by atoms with Gasteiger partial charge in [0, 0.05) is 45.0 Å². The second-order valence-electron chi connectivity index (χ2n) is 7.14. The second-order valence-corrected chi connectivity index (χ2v) is 7.14. The number of anilines is 1. The van der Waals surface area contributed by atoms with Gasteiger partial charge in [-0.1, -0.05) is 0 Å². The number of hydrogen-bond acceptors (Lipinski definition) is 6. The summed E-state index contributed by atoms with van der Waals surface area (Å²) in [4.78, 5) is 19.7. The summed E-state index contributed by atoms with van der Waals surface area (Å²) in [7, 11) is 2.22. The highest BCUT2D eigenvalue weighted by Gasteiger charge is 2.27. The van der Waals surface area contributed by atoms with Crippen molar-refractivity contribution in [2.24, 2.45) is 0 Å². The molecule has 4 heterocycles. The molecular weight excluding hydrogens is 316 g/mol. The van der Waals surface area contributed by atoms with Gasteiger partial charge in [-0.25, -0.2) is 9.97 Å². The predicted molar refractivity (Wildman–Crippen MR) is 99.0 cm³/mol. The van der Waals surface area contributed by atoms with E-state index in [1.807, 2.05) is 6.20 Å². The second kappa shape index (κ2) is 7.68. The molecule has 2 aromatic rings. The predicted octanol–water partition coefficient (Wildman–Crippen LogP) is 1.19. The minimum Gasteiger partial charge on any atom is -0.379 e. The van der Waals surface area contributed by atoms with Crippen LogP contribution >= 0.6 is 0 Å². The fourth-order valence-electron chi connectivity index (χ4n) is 4.02. The number of likely N-dealkylation sites (tertiary alicyclic amines) is 1. The van der Waals surface area contributed by atoms with Crippen molar-refractivity contribution in [2.75, 3.05) is 64.4 Å². The van der Waals surface area contributed by atoms with E-state index in [4.69, 9.17) is 4.74 Å². The van der Waals surface area contributed by atoms with Gasteiger partial charge in [-0.2, -0.15) is 0 Å². The molecule has 4 rings (SSSR count). The van der Waals surface area contributed by atoms with Crippen molar-refractivity contribution >= 4 is 16.9 Å². The van der Waals surface area contributed by atoms with Crippen LogP contribution in [0.2, 0.25) is 0 Å². The molecule has 0 radical (unpaired) electrons. The number of aromatic amines is 1. The van der Waals surface area contributed by atoms with Gasteiger partial charge in [-0.3, -0.25) is 4.90 Å². The lowest BCUT2D eigenvalue weighted by molar-refractivity contribution is 0.0388. The van der Waals surface area contributed by atoms with Crippen molar-refractivity contribution in [1.29, 1.82) is 0 Å². The third-order valence-corrected chi connectivity index (χ3v) is 5.41. The number of nitrogens with zero attached hydrogens (tertiary/aromatic N) is 5. The average Bonchev–Trinajstić information content (AvgIpc) is 3.12. The molecule has 2 saturated heterocycles. The van der Waals surface area contributed by atoms with Crippen LogP contribution in [0.1, 0.15) is 12.8 Å². The highest BCUT2D eigenvalue weighted by molar-refractivity contribution is 5.87. The van der Waals surface area contributed by atoms with Crippen LogP contribution in [0.4, 0.5) is 5.82 Å². The molecule has 7 heteroatoms. The first-order valence-electron chi connectivity index (χ1n) is 9.34. The van der Waals surface area contributed by atoms with Crippen molar-refractivity contribution < 1.29 is 4.74 Å². The Balaban J connectivity index is 1.57. The molecule has 2 fully saturated rings. The molecule has 1 unspecified atom stereocenters. The first-order valence-corrected chi connectivity index (χ1v) is 9.34. The number of aromatic nitrogens is 3. The van der Waals surface area contributed by atoms with Crippen LogP contribution < -0.4 is 4.90 Å². The third-order valence-electron chi connectivity index (χ3n) is 5.41. The summed E-state index contributed by atoms with van der Waals surface area (Å²) in [6, 6.07) is 2.60. The number of ether oxygens (including phenoxy) is 1. The fourth-order valence-corrected chi connectivity index (χ4v) is 4.02. The number of rotatable bonds is 5. The molecule has 0 spiro atoms. The molecule has 0 bridgehead atoms. The van der Waals surface area contributed by atoms with E-state index in [1.165, 1.54) is 19.4 Å². The van der Waals surface area contributed by atoms with E-state index in [0.717, 1.165) is 62.8 Å². The topological polar surface area (TPSA) is 60.5 Å². The van der Waals surface area contributed by atoms with Gasteiger partial charge < -0.3 is 19.5 Å². The quantitative estimate of drug-likeness (QED) is 0.879. The Morgan fingerprint density at radius 3 is 3.00 bits per heavy atom. The van der Waals surface area contributed by atoms with Gasteiger partial charge in [0.2, 0.25) is 0 Å².